The largest absolute Gasteiger partial charge is 0.389 e. The van der Waals surface area contributed by atoms with Gasteiger partial charge in [-0.1, -0.05) is 11.6 Å². The van der Waals surface area contributed by atoms with Crippen molar-refractivity contribution in [1.82, 2.24) is 4.90 Å². The van der Waals surface area contributed by atoms with E-state index >= 15 is 0 Å². The van der Waals surface area contributed by atoms with E-state index in [2.05, 4.69) is 11.9 Å². The predicted molar refractivity (Wildman–Crippen MR) is 53.6 cm³/mol. The fourth-order valence-corrected chi connectivity index (χ4v) is 2.75. The summed E-state index contributed by atoms with van der Waals surface area (Å²) in [5, 5.41) is 9.27. The molecule has 2 heteroatoms. The highest BCUT2D eigenvalue weighted by Gasteiger charge is 2.35. The number of nitrogens with zero attached hydrogens (tertiary/aromatic N) is 1. The molecule has 2 bridgehead atoms. The van der Waals surface area contributed by atoms with Gasteiger partial charge in [0.15, 0.2) is 0 Å². The number of fused-ring (bicyclic) bond motifs is 2. The molecule has 0 spiro atoms. The normalized spacial score (nSPS) is 36.4. The molecule has 0 aromatic heterocycles. The van der Waals surface area contributed by atoms with E-state index < -0.39 is 0 Å². The van der Waals surface area contributed by atoms with Crippen LogP contribution in [0.1, 0.15) is 32.6 Å². The van der Waals surface area contributed by atoms with Crippen molar-refractivity contribution in [2.75, 3.05) is 7.05 Å². The maximum absolute atomic E-state index is 9.27. The van der Waals surface area contributed by atoms with Crippen LogP contribution in [0.2, 0.25) is 0 Å². The summed E-state index contributed by atoms with van der Waals surface area (Å²) >= 11 is 0. The molecular weight excluding hydrogens is 162 g/mol. The van der Waals surface area contributed by atoms with Crippen LogP contribution in [-0.4, -0.2) is 35.2 Å². The summed E-state index contributed by atoms with van der Waals surface area (Å²) in [5.74, 6) is 0. The standard InChI is InChI=1S/C11H19NO/c1-8(13)5-9-6-10-3-4-11(7-9)12(10)2/h5,8,10-11,13H,3-4,6-7H2,1-2H3. The first kappa shape index (κ1) is 9.22. The minimum atomic E-state index is -0.266. The van der Waals surface area contributed by atoms with Crippen molar-refractivity contribution in [3.63, 3.8) is 0 Å². The molecule has 0 amide bonds. The average Bonchev–Trinajstić information content (AvgIpc) is 2.33. The van der Waals surface area contributed by atoms with Crippen LogP contribution in [0.4, 0.5) is 0 Å². The Morgan fingerprint density at radius 3 is 2.38 bits per heavy atom. The minimum absolute atomic E-state index is 0.266. The summed E-state index contributed by atoms with van der Waals surface area (Å²) in [4.78, 5) is 2.51. The van der Waals surface area contributed by atoms with Crippen molar-refractivity contribution in [2.24, 2.45) is 0 Å². The molecule has 74 valence electrons. The van der Waals surface area contributed by atoms with E-state index in [1.54, 1.807) is 0 Å². The van der Waals surface area contributed by atoms with Crippen molar-refractivity contribution in [3.05, 3.63) is 11.6 Å². The van der Waals surface area contributed by atoms with Crippen LogP contribution in [-0.2, 0) is 0 Å². The number of hydrogen-bond acceptors (Lipinski definition) is 2. The Morgan fingerprint density at radius 2 is 1.92 bits per heavy atom. The van der Waals surface area contributed by atoms with Gasteiger partial charge in [0.2, 0.25) is 0 Å². The summed E-state index contributed by atoms with van der Waals surface area (Å²) in [6.07, 6.45) is 6.82. The molecule has 2 aliphatic heterocycles. The monoisotopic (exact) mass is 181 g/mol. The highest BCUT2D eigenvalue weighted by molar-refractivity contribution is 5.15. The van der Waals surface area contributed by atoms with Crippen molar-refractivity contribution in [1.29, 1.82) is 0 Å². The van der Waals surface area contributed by atoms with Gasteiger partial charge in [0.05, 0.1) is 6.10 Å². The van der Waals surface area contributed by atoms with Gasteiger partial charge in [-0.15, -0.1) is 0 Å². The van der Waals surface area contributed by atoms with E-state index in [4.69, 9.17) is 0 Å². The smallest absolute Gasteiger partial charge is 0.0695 e. The third-order valence-electron chi connectivity index (χ3n) is 3.46. The summed E-state index contributed by atoms with van der Waals surface area (Å²) in [6, 6.07) is 1.51. The molecule has 3 atom stereocenters. The number of aliphatic hydroxyl groups is 1. The molecule has 2 aliphatic rings. The minimum Gasteiger partial charge on any atom is -0.389 e. The van der Waals surface area contributed by atoms with Gasteiger partial charge in [-0.3, -0.25) is 4.90 Å². The fourth-order valence-electron chi connectivity index (χ4n) is 2.75. The molecule has 0 radical (unpaired) electrons. The lowest BCUT2D eigenvalue weighted by atomic mass is 9.96. The van der Waals surface area contributed by atoms with Gasteiger partial charge >= 0.3 is 0 Å². The molecule has 1 N–H and O–H groups in total. The molecule has 13 heavy (non-hydrogen) atoms. The molecule has 2 saturated heterocycles. The second kappa shape index (κ2) is 3.43. The zero-order valence-corrected chi connectivity index (χ0v) is 8.53. The lowest BCUT2D eigenvalue weighted by molar-refractivity contribution is 0.203. The fraction of sp³-hybridized carbons (Fsp3) is 0.818. The van der Waals surface area contributed by atoms with E-state index in [9.17, 15) is 5.11 Å². The zero-order valence-electron chi connectivity index (χ0n) is 8.53. The van der Waals surface area contributed by atoms with Crippen LogP contribution in [0.15, 0.2) is 11.6 Å². The van der Waals surface area contributed by atoms with Gasteiger partial charge < -0.3 is 5.11 Å². The Morgan fingerprint density at radius 1 is 1.38 bits per heavy atom. The van der Waals surface area contributed by atoms with Crippen molar-refractivity contribution >= 4 is 0 Å². The van der Waals surface area contributed by atoms with Gasteiger partial charge in [0.25, 0.3) is 0 Å². The van der Waals surface area contributed by atoms with Crippen molar-refractivity contribution in [2.45, 2.75) is 50.8 Å². The van der Waals surface area contributed by atoms with Gasteiger partial charge in [0.1, 0.15) is 0 Å². The van der Waals surface area contributed by atoms with Crippen LogP contribution in [0.3, 0.4) is 0 Å². The summed E-state index contributed by atoms with van der Waals surface area (Å²) in [7, 11) is 2.24. The molecule has 0 aliphatic carbocycles. The number of hydrogen-bond donors (Lipinski definition) is 1. The first-order chi connectivity index (χ1) is 6.16. The van der Waals surface area contributed by atoms with Crippen molar-refractivity contribution < 1.29 is 5.11 Å². The van der Waals surface area contributed by atoms with E-state index in [-0.39, 0.29) is 6.10 Å². The average molecular weight is 181 g/mol. The highest BCUT2D eigenvalue weighted by atomic mass is 16.3. The second-order valence-corrected chi connectivity index (χ2v) is 4.52. The summed E-state index contributed by atoms with van der Waals surface area (Å²) in [6.45, 7) is 1.84. The van der Waals surface area contributed by atoms with E-state index in [0.717, 1.165) is 12.1 Å². The Balaban J connectivity index is 2.06. The molecule has 2 heterocycles. The highest BCUT2D eigenvalue weighted by Crippen LogP contribution is 2.36. The molecule has 3 unspecified atom stereocenters. The third kappa shape index (κ3) is 1.79. The summed E-state index contributed by atoms with van der Waals surface area (Å²) < 4.78 is 0. The quantitative estimate of drug-likeness (QED) is 0.620. The van der Waals surface area contributed by atoms with Gasteiger partial charge in [-0.05, 0) is 39.7 Å². The molecule has 2 fully saturated rings. The Bertz CT molecular complexity index is 206. The summed E-state index contributed by atoms with van der Waals surface area (Å²) in [5.41, 5.74) is 1.47. The zero-order chi connectivity index (χ0) is 9.42. The van der Waals surface area contributed by atoms with Gasteiger partial charge in [0, 0.05) is 12.1 Å². The Hall–Kier alpha value is -0.340. The SMILES string of the molecule is CC(O)C=C1CC2CCC(C1)N2C. The first-order valence-electron chi connectivity index (χ1n) is 5.26. The number of rotatable bonds is 1. The lowest BCUT2D eigenvalue weighted by Gasteiger charge is -2.33. The Labute approximate surface area is 80.2 Å². The molecule has 0 aromatic rings. The Kier molecular flexibility index (Phi) is 2.43. The maximum Gasteiger partial charge on any atom is 0.0695 e. The van der Waals surface area contributed by atoms with Crippen molar-refractivity contribution in [3.8, 4) is 0 Å². The van der Waals surface area contributed by atoms with E-state index in [1.807, 2.05) is 13.0 Å². The van der Waals surface area contributed by atoms with Crippen LogP contribution in [0.5, 0.6) is 0 Å². The third-order valence-corrected chi connectivity index (χ3v) is 3.46. The lowest BCUT2D eigenvalue weighted by Crippen LogP contribution is -2.37. The molecular formula is C11H19NO. The van der Waals surface area contributed by atoms with Gasteiger partial charge in [-0.2, -0.15) is 0 Å². The molecule has 2 nitrogen and oxygen atoms in total. The van der Waals surface area contributed by atoms with Crippen LogP contribution >= 0.6 is 0 Å². The molecule has 2 rings (SSSR count). The topological polar surface area (TPSA) is 23.5 Å². The number of aliphatic hydroxyl groups excluding tert-OH is 1. The molecule has 0 aromatic carbocycles. The van der Waals surface area contributed by atoms with Gasteiger partial charge in [-0.25, -0.2) is 0 Å². The second-order valence-electron chi connectivity index (χ2n) is 4.52. The maximum atomic E-state index is 9.27. The van der Waals surface area contributed by atoms with Crippen LogP contribution in [0, 0.1) is 0 Å². The van der Waals surface area contributed by atoms with Crippen LogP contribution < -0.4 is 0 Å². The molecule has 0 saturated carbocycles. The first-order valence-corrected chi connectivity index (χ1v) is 5.26. The predicted octanol–water partition coefficient (Wildman–Crippen LogP) is 1.55. The van der Waals surface area contributed by atoms with Crippen LogP contribution in [0.25, 0.3) is 0 Å². The van der Waals surface area contributed by atoms with E-state index in [1.165, 1.54) is 31.3 Å². The van der Waals surface area contributed by atoms with E-state index in [0.29, 0.717) is 0 Å². The number of piperidine rings is 1.